The molecular formula is C16H27N5O7. The number of nitrogens with one attached hydrogen (secondary N) is 2. The SMILES string of the molecule is CC(NC(=O)C1CCCN1C(=O)C(N)C(C)O)C(=O)NC(CC(N)=O)C(=O)O. The van der Waals surface area contributed by atoms with Gasteiger partial charge >= 0.3 is 5.97 Å². The fraction of sp³-hybridized carbons (Fsp3) is 0.688. The summed E-state index contributed by atoms with van der Waals surface area (Å²) in [6, 6.07) is -4.66. The third-order valence-corrected chi connectivity index (χ3v) is 4.42. The quantitative estimate of drug-likeness (QED) is 0.229. The minimum Gasteiger partial charge on any atom is -0.480 e. The molecule has 0 aromatic carbocycles. The van der Waals surface area contributed by atoms with Crippen LogP contribution in [-0.4, -0.2) is 81.5 Å². The largest absolute Gasteiger partial charge is 0.480 e. The van der Waals surface area contributed by atoms with Crippen LogP contribution >= 0.6 is 0 Å². The van der Waals surface area contributed by atoms with E-state index in [1.807, 2.05) is 0 Å². The summed E-state index contributed by atoms with van der Waals surface area (Å²) in [6.45, 7) is 2.99. The molecule has 4 amide bonds. The topological polar surface area (TPSA) is 205 Å². The Hall–Kier alpha value is -2.73. The van der Waals surface area contributed by atoms with Crippen molar-refractivity contribution in [3.05, 3.63) is 0 Å². The summed E-state index contributed by atoms with van der Waals surface area (Å²) in [7, 11) is 0. The molecule has 0 radical (unpaired) electrons. The maximum absolute atomic E-state index is 12.5. The van der Waals surface area contributed by atoms with Gasteiger partial charge in [-0.1, -0.05) is 0 Å². The Kier molecular flexibility index (Phi) is 8.32. The third kappa shape index (κ3) is 6.16. The maximum atomic E-state index is 12.5. The van der Waals surface area contributed by atoms with E-state index < -0.39 is 66.3 Å². The lowest BCUT2D eigenvalue weighted by molar-refractivity contribution is -0.144. The Bertz CT molecular complexity index is 639. The molecule has 12 heteroatoms. The van der Waals surface area contributed by atoms with Crippen molar-refractivity contribution in [2.24, 2.45) is 11.5 Å². The summed E-state index contributed by atoms with van der Waals surface area (Å²) in [4.78, 5) is 60.2. The molecule has 0 saturated carbocycles. The van der Waals surface area contributed by atoms with Gasteiger partial charge in [-0.2, -0.15) is 0 Å². The van der Waals surface area contributed by atoms with Crippen molar-refractivity contribution in [2.45, 2.75) is 63.4 Å². The number of rotatable bonds is 9. The van der Waals surface area contributed by atoms with Crippen LogP contribution in [0, 0.1) is 0 Å². The maximum Gasteiger partial charge on any atom is 0.326 e. The summed E-state index contributed by atoms with van der Waals surface area (Å²) in [5.74, 6) is -4.34. The van der Waals surface area contributed by atoms with E-state index in [1.54, 1.807) is 0 Å². The van der Waals surface area contributed by atoms with Gasteiger partial charge in [-0.3, -0.25) is 19.2 Å². The second-order valence-electron chi connectivity index (χ2n) is 6.76. The molecule has 158 valence electrons. The summed E-state index contributed by atoms with van der Waals surface area (Å²) >= 11 is 0. The smallest absolute Gasteiger partial charge is 0.326 e. The molecule has 12 nitrogen and oxygen atoms in total. The van der Waals surface area contributed by atoms with Crippen molar-refractivity contribution in [1.82, 2.24) is 15.5 Å². The van der Waals surface area contributed by atoms with Crippen molar-refractivity contribution in [3.8, 4) is 0 Å². The van der Waals surface area contributed by atoms with Crippen LogP contribution in [0.1, 0.15) is 33.1 Å². The minimum absolute atomic E-state index is 0.289. The van der Waals surface area contributed by atoms with Crippen molar-refractivity contribution >= 4 is 29.6 Å². The molecule has 8 N–H and O–H groups in total. The van der Waals surface area contributed by atoms with Gasteiger partial charge in [-0.05, 0) is 26.7 Å². The van der Waals surface area contributed by atoms with Gasteiger partial charge in [-0.15, -0.1) is 0 Å². The molecule has 1 heterocycles. The molecule has 5 atom stereocenters. The number of aliphatic hydroxyl groups excluding tert-OH is 1. The van der Waals surface area contributed by atoms with Crippen LogP contribution in [0.3, 0.4) is 0 Å². The second-order valence-corrected chi connectivity index (χ2v) is 6.76. The number of primary amides is 1. The number of likely N-dealkylation sites (tertiary alicyclic amines) is 1. The van der Waals surface area contributed by atoms with Gasteiger partial charge in [-0.25, -0.2) is 4.79 Å². The Labute approximate surface area is 161 Å². The van der Waals surface area contributed by atoms with Gasteiger partial charge in [0.15, 0.2) is 0 Å². The number of hydrogen-bond acceptors (Lipinski definition) is 7. The molecule has 28 heavy (non-hydrogen) atoms. The van der Waals surface area contributed by atoms with E-state index in [1.165, 1.54) is 18.7 Å². The van der Waals surface area contributed by atoms with E-state index in [4.69, 9.17) is 16.6 Å². The Balaban J connectivity index is 2.72. The average Bonchev–Trinajstić information content (AvgIpc) is 3.08. The normalized spacial score (nSPS) is 20.6. The predicted octanol–water partition coefficient (Wildman–Crippen LogP) is -3.36. The zero-order valence-electron chi connectivity index (χ0n) is 15.8. The van der Waals surface area contributed by atoms with Gasteiger partial charge in [0.2, 0.25) is 23.6 Å². The van der Waals surface area contributed by atoms with E-state index in [0.717, 1.165) is 0 Å². The molecule has 1 rings (SSSR count). The lowest BCUT2D eigenvalue weighted by atomic mass is 10.1. The highest BCUT2D eigenvalue weighted by Crippen LogP contribution is 2.19. The highest BCUT2D eigenvalue weighted by atomic mass is 16.4. The van der Waals surface area contributed by atoms with Crippen LogP contribution in [-0.2, 0) is 24.0 Å². The van der Waals surface area contributed by atoms with E-state index >= 15 is 0 Å². The molecule has 1 aliphatic rings. The Morgan fingerprint density at radius 2 is 1.79 bits per heavy atom. The Morgan fingerprint density at radius 3 is 2.29 bits per heavy atom. The first-order valence-corrected chi connectivity index (χ1v) is 8.81. The van der Waals surface area contributed by atoms with E-state index in [0.29, 0.717) is 12.8 Å². The first kappa shape index (κ1) is 23.3. The van der Waals surface area contributed by atoms with E-state index in [2.05, 4.69) is 10.6 Å². The van der Waals surface area contributed by atoms with Crippen molar-refractivity contribution in [3.63, 3.8) is 0 Å². The lowest BCUT2D eigenvalue weighted by Gasteiger charge is -2.28. The number of aliphatic carboxylic acids is 1. The monoisotopic (exact) mass is 401 g/mol. The van der Waals surface area contributed by atoms with Gasteiger partial charge < -0.3 is 37.2 Å². The van der Waals surface area contributed by atoms with Gasteiger partial charge in [0, 0.05) is 6.54 Å². The number of carbonyl (C=O) groups excluding carboxylic acids is 4. The van der Waals surface area contributed by atoms with Crippen molar-refractivity contribution in [2.75, 3.05) is 6.54 Å². The number of carboxylic acid groups (broad SMARTS) is 1. The van der Waals surface area contributed by atoms with Crippen LogP contribution in [0.2, 0.25) is 0 Å². The minimum atomic E-state index is -1.52. The number of aliphatic hydroxyl groups is 1. The summed E-state index contributed by atoms with van der Waals surface area (Å²) < 4.78 is 0. The molecule has 0 aliphatic carbocycles. The van der Waals surface area contributed by atoms with Crippen LogP contribution in [0.15, 0.2) is 0 Å². The number of carbonyl (C=O) groups is 5. The zero-order chi connectivity index (χ0) is 21.6. The highest BCUT2D eigenvalue weighted by molar-refractivity contribution is 5.95. The summed E-state index contributed by atoms with van der Waals surface area (Å²) in [5, 5.41) is 23.0. The molecular weight excluding hydrogens is 374 g/mol. The average molecular weight is 401 g/mol. The van der Waals surface area contributed by atoms with E-state index in [-0.39, 0.29) is 6.54 Å². The van der Waals surface area contributed by atoms with Crippen LogP contribution in [0.4, 0.5) is 0 Å². The molecule has 0 aromatic rings. The van der Waals surface area contributed by atoms with Gasteiger partial charge in [0.1, 0.15) is 24.2 Å². The lowest BCUT2D eigenvalue weighted by Crippen LogP contribution is -2.57. The second kappa shape index (κ2) is 9.99. The molecule has 0 spiro atoms. The molecule has 1 fully saturated rings. The third-order valence-electron chi connectivity index (χ3n) is 4.42. The highest BCUT2D eigenvalue weighted by Gasteiger charge is 2.38. The summed E-state index contributed by atoms with van der Waals surface area (Å²) in [5.41, 5.74) is 10.6. The number of amides is 4. The molecule has 0 bridgehead atoms. The summed E-state index contributed by atoms with van der Waals surface area (Å²) in [6.07, 6.45) is -0.766. The fourth-order valence-corrected chi connectivity index (χ4v) is 2.77. The standard InChI is InChI=1S/C16H27N5O7/c1-7(13(24)20-9(16(27)28)6-11(17)23)19-14(25)10-4-3-5-21(10)15(26)12(18)8(2)22/h7-10,12,22H,3-6,18H2,1-2H3,(H2,17,23)(H,19,25)(H,20,24)(H,27,28). The van der Waals surface area contributed by atoms with Crippen LogP contribution in [0.5, 0.6) is 0 Å². The first-order valence-electron chi connectivity index (χ1n) is 8.81. The fourth-order valence-electron chi connectivity index (χ4n) is 2.77. The predicted molar refractivity (Wildman–Crippen MR) is 95.4 cm³/mol. The number of nitrogens with two attached hydrogens (primary N) is 2. The Morgan fingerprint density at radius 1 is 1.18 bits per heavy atom. The van der Waals surface area contributed by atoms with Crippen molar-refractivity contribution < 1.29 is 34.2 Å². The number of carboxylic acids is 1. The van der Waals surface area contributed by atoms with Gasteiger partial charge in [0.25, 0.3) is 0 Å². The number of nitrogens with zero attached hydrogens (tertiary/aromatic N) is 1. The van der Waals surface area contributed by atoms with Crippen LogP contribution in [0.25, 0.3) is 0 Å². The van der Waals surface area contributed by atoms with Crippen molar-refractivity contribution in [1.29, 1.82) is 0 Å². The molecule has 1 saturated heterocycles. The zero-order valence-corrected chi connectivity index (χ0v) is 15.8. The van der Waals surface area contributed by atoms with E-state index in [9.17, 15) is 29.1 Å². The number of hydrogen-bond donors (Lipinski definition) is 6. The first-order chi connectivity index (χ1) is 13.0. The van der Waals surface area contributed by atoms with Gasteiger partial charge in [0.05, 0.1) is 12.5 Å². The molecule has 5 unspecified atom stereocenters. The molecule has 0 aromatic heterocycles. The molecule has 1 aliphatic heterocycles. The van der Waals surface area contributed by atoms with Crippen LogP contribution < -0.4 is 22.1 Å².